The zero-order chi connectivity index (χ0) is 10.7. The minimum Gasteiger partial charge on any atom is -0.392 e. The van der Waals surface area contributed by atoms with E-state index in [0.717, 1.165) is 35.8 Å². The van der Waals surface area contributed by atoms with Crippen molar-refractivity contribution in [2.75, 3.05) is 13.1 Å². The van der Waals surface area contributed by atoms with E-state index in [-0.39, 0.29) is 6.61 Å². The number of nitrogens with zero attached hydrogens (tertiary/aromatic N) is 1. The van der Waals surface area contributed by atoms with Gasteiger partial charge in [0.2, 0.25) is 0 Å². The van der Waals surface area contributed by atoms with Crippen LogP contribution in [0.15, 0.2) is 18.2 Å². The molecular formula is C12H16ClNO. The van der Waals surface area contributed by atoms with Gasteiger partial charge in [-0.3, -0.25) is 4.90 Å². The number of aliphatic hydroxyl groups excluding tert-OH is 1. The third-order valence-electron chi connectivity index (χ3n) is 2.97. The highest BCUT2D eigenvalue weighted by atomic mass is 35.5. The summed E-state index contributed by atoms with van der Waals surface area (Å²) in [7, 11) is 0. The van der Waals surface area contributed by atoms with Crippen molar-refractivity contribution in [1.29, 1.82) is 0 Å². The number of halogens is 1. The molecule has 1 aromatic carbocycles. The quantitative estimate of drug-likeness (QED) is 0.854. The summed E-state index contributed by atoms with van der Waals surface area (Å²) in [5, 5.41) is 10.0. The van der Waals surface area contributed by atoms with Gasteiger partial charge in [0.15, 0.2) is 0 Å². The van der Waals surface area contributed by atoms with Crippen LogP contribution in [0.2, 0.25) is 5.02 Å². The van der Waals surface area contributed by atoms with Gasteiger partial charge in [-0.05, 0) is 43.1 Å². The maximum atomic E-state index is 9.24. The van der Waals surface area contributed by atoms with Gasteiger partial charge in [-0.25, -0.2) is 0 Å². The lowest BCUT2D eigenvalue weighted by Gasteiger charge is -2.17. The fraction of sp³-hybridized carbons (Fsp3) is 0.500. The van der Waals surface area contributed by atoms with Crippen LogP contribution in [0.3, 0.4) is 0 Å². The minimum absolute atomic E-state index is 0.0731. The minimum atomic E-state index is 0.0731. The first kappa shape index (κ1) is 10.9. The molecule has 0 spiro atoms. The zero-order valence-corrected chi connectivity index (χ0v) is 9.50. The molecule has 0 aliphatic carbocycles. The second-order valence-electron chi connectivity index (χ2n) is 4.02. The van der Waals surface area contributed by atoms with Gasteiger partial charge in [-0.2, -0.15) is 0 Å². The average molecular weight is 226 g/mol. The monoisotopic (exact) mass is 225 g/mol. The van der Waals surface area contributed by atoms with Crippen molar-refractivity contribution < 1.29 is 5.11 Å². The number of likely N-dealkylation sites (tertiary alicyclic amines) is 1. The normalized spacial score (nSPS) is 17.2. The summed E-state index contributed by atoms with van der Waals surface area (Å²) in [5.74, 6) is 0. The topological polar surface area (TPSA) is 23.5 Å². The van der Waals surface area contributed by atoms with E-state index in [9.17, 15) is 5.11 Å². The SMILES string of the molecule is OCc1cccc(Cl)c1CN1CCCC1. The molecule has 1 aliphatic rings. The lowest BCUT2D eigenvalue weighted by Crippen LogP contribution is -2.19. The van der Waals surface area contributed by atoms with E-state index in [2.05, 4.69) is 4.90 Å². The molecule has 0 saturated carbocycles. The summed E-state index contributed by atoms with van der Waals surface area (Å²) in [5.41, 5.74) is 2.04. The van der Waals surface area contributed by atoms with Crippen LogP contribution in [0, 0.1) is 0 Å². The Morgan fingerprint density at radius 2 is 2.00 bits per heavy atom. The van der Waals surface area contributed by atoms with Gasteiger partial charge in [0.25, 0.3) is 0 Å². The van der Waals surface area contributed by atoms with Crippen LogP contribution in [-0.2, 0) is 13.2 Å². The lowest BCUT2D eigenvalue weighted by atomic mass is 10.1. The molecule has 1 heterocycles. The lowest BCUT2D eigenvalue weighted by molar-refractivity contribution is 0.275. The Bertz CT molecular complexity index is 334. The molecule has 15 heavy (non-hydrogen) atoms. The van der Waals surface area contributed by atoms with Gasteiger partial charge < -0.3 is 5.11 Å². The van der Waals surface area contributed by atoms with E-state index in [1.54, 1.807) is 0 Å². The molecule has 0 unspecified atom stereocenters. The molecular weight excluding hydrogens is 210 g/mol. The summed E-state index contributed by atoms with van der Waals surface area (Å²) in [6, 6.07) is 5.73. The Morgan fingerprint density at radius 3 is 2.67 bits per heavy atom. The smallest absolute Gasteiger partial charge is 0.0685 e. The number of aliphatic hydroxyl groups is 1. The van der Waals surface area contributed by atoms with Gasteiger partial charge in [0.05, 0.1) is 6.61 Å². The first-order valence-corrected chi connectivity index (χ1v) is 5.78. The molecule has 3 heteroatoms. The summed E-state index contributed by atoms with van der Waals surface area (Å²) in [4.78, 5) is 2.39. The number of benzene rings is 1. The van der Waals surface area contributed by atoms with E-state index in [1.807, 2.05) is 18.2 Å². The van der Waals surface area contributed by atoms with Gasteiger partial charge in [0.1, 0.15) is 0 Å². The van der Waals surface area contributed by atoms with Crippen molar-refractivity contribution in [3.8, 4) is 0 Å². The summed E-state index contributed by atoms with van der Waals surface area (Å²) in [6.07, 6.45) is 2.55. The van der Waals surface area contributed by atoms with Crippen molar-refractivity contribution in [3.05, 3.63) is 34.3 Å². The highest BCUT2D eigenvalue weighted by Gasteiger charge is 2.15. The molecule has 1 saturated heterocycles. The predicted octanol–water partition coefficient (Wildman–Crippen LogP) is 2.43. The van der Waals surface area contributed by atoms with Crippen LogP contribution in [0.5, 0.6) is 0 Å². The first-order valence-electron chi connectivity index (χ1n) is 5.41. The fourth-order valence-corrected chi connectivity index (χ4v) is 2.35. The van der Waals surface area contributed by atoms with Crippen LogP contribution in [0.1, 0.15) is 24.0 Å². The van der Waals surface area contributed by atoms with Crippen LogP contribution < -0.4 is 0 Å². The number of hydrogen-bond donors (Lipinski definition) is 1. The molecule has 0 atom stereocenters. The van der Waals surface area contributed by atoms with Crippen LogP contribution in [0.4, 0.5) is 0 Å². The second-order valence-corrected chi connectivity index (χ2v) is 4.43. The van der Waals surface area contributed by atoms with Crippen molar-refractivity contribution >= 4 is 11.6 Å². The Labute approximate surface area is 95.5 Å². The van der Waals surface area contributed by atoms with Crippen molar-refractivity contribution in [3.63, 3.8) is 0 Å². The first-order chi connectivity index (χ1) is 7.31. The van der Waals surface area contributed by atoms with Crippen molar-refractivity contribution in [2.45, 2.75) is 26.0 Å². The standard InChI is InChI=1S/C12H16ClNO/c13-12-5-3-4-10(9-15)11(12)8-14-6-1-2-7-14/h3-5,15H,1-2,6-9H2. The molecule has 0 aromatic heterocycles. The molecule has 0 amide bonds. The Balaban J connectivity index is 2.17. The third-order valence-corrected chi connectivity index (χ3v) is 3.32. The van der Waals surface area contributed by atoms with Crippen LogP contribution in [-0.4, -0.2) is 23.1 Å². The predicted molar refractivity (Wildman–Crippen MR) is 61.9 cm³/mol. The maximum absolute atomic E-state index is 9.24. The van der Waals surface area contributed by atoms with Crippen LogP contribution in [0.25, 0.3) is 0 Å². The molecule has 0 bridgehead atoms. The zero-order valence-electron chi connectivity index (χ0n) is 8.75. The van der Waals surface area contributed by atoms with E-state index in [4.69, 9.17) is 11.6 Å². The van der Waals surface area contributed by atoms with Crippen molar-refractivity contribution in [2.24, 2.45) is 0 Å². The van der Waals surface area contributed by atoms with Gasteiger partial charge >= 0.3 is 0 Å². The van der Waals surface area contributed by atoms with Gasteiger partial charge in [-0.1, -0.05) is 23.7 Å². The fourth-order valence-electron chi connectivity index (χ4n) is 2.09. The Kier molecular flexibility index (Phi) is 3.62. The number of hydrogen-bond acceptors (Lipinski definition) is 2. The third kappa shape index (κ3) is 2.51. The molecule has 2 nitrogen and oxygen atoms in total. The van der Waals surface area contributed by atoms with Gasteiger partial charge in [-0.15, -0.1) is 0 Å². The second kappa shape index (κ2) is 4.97. The molecule has 1 aliphatic heterocycles. The largest absolute Gasteiger partial charge is 0.392 e. The van der Waals surface area contributed by atoms with Gasteiger partial charge in [0, 0.05) is 11.6 Å². The highest BCUT2D eigenvalue weighted by molar-refractivity contribution is 6.31. The van der Waals surface area contributed by atoms with E-state index < -0.39 is 0 Å². The molecule has 1 aromatic rings. The summed E-state index contributed by atoms with van der Waals surface area (Å²) in [6.45, 7) is 3.24. The average Bonchev–Trinajstić information content (AvgIpc) is 2.74. The van der Waals surface area contributed by atoms with E-state index >= 15 is 0 Å². The number of rotatable bonds is 3. The molecule has 1 fully saturated rings. The summed E-state index contributed by atoms with van der Waals surface area (Å²) >= 11 is 6.15. The Hall–Kier alpha value is -0.570. The summed E-state index contributed by atoms with van der Waals surface area (Å²) < 4.78 is 0. The van der Waals surface area contributed by atoms with Crippen LogP contribution >= 0.6 is 11.6 Å². The molecule has 2 rings (SSSR count). The maximum Gasteiger partial charge on any atom is 0.0685 e. The molecule has 0 radical (unpaired) electrons. The van der Waals surface area contributed by atoms with E-state index in [1.165, 1.54) is 12.8 Å². The van der Waals surface area contributed by atoms with Crippen molar-refractivity contribution in [1.82, 2.24) is 4.90 Å². The highest BCUT2D eigenvalue weighted by Crippen LogP contribution is 2.23. The molecule has 82 valence electrons. The Morgan fingerprint density at radius 1 is 1.27 bits per heavy atom. The van der Waals surface area contributed by atoms with E-state index in [0.29, 0.717) is 0 Å². The molecule has 1 N–H and O–H groups in total.